The lowest BCUT2D eigenvalue weighted by Crippen LogP contribution is -2.12. The van der Waals surface area contributed by atoms with Gasteiger partial charge in [-0.1, -0.05) is 19.4 Å². The molecule has 1 amide bonds. The molecule has 1 N–H and O–H groups in total. The number of aryl methyl sites for hydroxylation is 1. The smallest absolute Gasteiger partial charge is 0.255 e. The highest BCUT2D eigenvalue weighted by atomic mass is 79.9. The summed E-state index contributed by atoms with van der Waals surface area (Å²) in [5.41, 5.74) is 4.59. The van der Waals surface area contributed by atoms with E-state index in [0.29, 0.717) is 12.2 Å². The SMILES string of the molecule is CCCCOc1ccc(C(=O)Nc2ccc(-c3nc4ccc(C)cc4s3)cc2)cc1Br. The number of carbonyl (C=O) groups is 1. The predicted molar refractivity (Wildman–Crippen MR) is 132 cm³/mol. The van der Waals surface area contributed by atoms with Gasteiger partial charge in [0.2, 0.25) is 0 Å². The van der Waals surface area contributed by atoms with Gasteiger partial charge in [0, 0.05) is 16.8 Å². The maximum absolute atomic E-state index is 12.7. The van der Waals surface area contributed by atoms with Crippen LogP contribution in [0.2, 0.25) is 0 Å². The molecule has 0 aliphatic rings. The van der Waals surface area contributed by atoms with Gasteiger partial charge in [0.05, 0.1) is 21.3 Å². The first-order valence-corrected chi connectivity index (χ1v) is 11.9. The number of amides is 1. The molecule has 0 unspecified atom stereocenters. The summed E-state index contributed by atoms with van der Waals surface area (Å²) in [6.07, 6.45) is 2.08. The van der Waals surface area contributed by atoms with Gasteiger partial charge in [-0.05, 0) is 89.4 Å². The number of fused-ring (bicyclic) bond motifs is 1. The molecule has 6 heteroatoms. The van der Waals surface area contributed by atoms with Crippen molar-refractivity contribution in [1.82, 2.24) is 4.98 Å². The standard InChI is InChI=1S/C25H23BrN2O2S/c1-3-4-13-30-22-12-8-18(15-20(22)26)24(29)27-19-9-6-17(7-10-19)25-28-21-11-5-16(2)14-23(21)31-25/h5-12,14-15H,3-4,13H2,1-2H3,(H,27,29). The number of unbranched alkanes of at least 4 members (excludes halogenated alkanes) is 1. The highest BCUT2D eigenvalue weighted by molar-refractivity contribution is 9.10. The Morgan fingerprint density at radius 1 is 1.10 bits per heavy atom. The van der Waals surface area contributed by atoms with E-state index in [0.717, 1.165) is 44.8 Å². The van der Waals surface area contributed by atoms with E-state index in [-0.39, 0.29) is 5.91 Å². The molecule has 0 aliphatic heterocycles. The van der Waals surface area contributed by atoms with Crippen molar-refractivity contribution in [3.8, 4) is 16.3 Å². The van der Waals surface area contributed by atoms with E-state index >= 15 is 0 Å². The van der Waals surface area contributed by atoms with E-state index in [1.807, 2.05) is 30.3 Å². The third-order valence-electron chi connectivity index (χ3n) is 4.88. The molecule has 1 aromatic heterocycles. The second-order valence-corrected chi connectivity index (χ2v) is 9.25. The van der Waals surface area contributed by atoms with Gasteiger partial charge in [0.1, 0.15) is 10.8 Å². The number of halogens is 1. The monoisotopic (exact) mass is 494 g/mol. The van der Waals surface area contributed by atoms with Crippen LogP contribution in [0, 0.1) is 6.92 Å². The summed E-state index contributed by atoms with van der Waals surface area (Å²) >= 11 is 5.17. The Labute approximate surface area is 194 Å². The van der Waals surface area contributed by atoms with Crippen molar-refractivity contribution in [3.05, 3.63) is 76.3 Å². The van der Waals surface area contributed by atoms with Gasteiger partial charge in [-0.15, -0.1) is 11.3 Å². The quantitative estimate of drug-likeness (QED) is 0.271. The third-order valence-corrected chi connectivity index (χ3v) is 6.57. The number of hydrogen-bond donors (Lipinski definition) is 1. The Hall–Kier alpha value is -2.70. The Morgan fingerprint density at radius 2 is 1.90 bits per heavy atom. The van der Waals surface area contributed by atoms with Gasteiger partial charge >= 0.3 is 0 Å². The number of thiazole rings is 1. The maximum atomic E-state index is 12.7. The van der Waals surface area contributed by atoms with Crippen molar-refractivity contribution in [2.24, 2.45) is 0 Å². The summed E-state index contributed by atoms with van der Waals surface area (Å²) in [4.78, 5) is 17.4. The minimum atomic E-state index is -0.163. The summed E-state index contributed by atoms with van der Waals surface area (Å²) < 4.78 is 7.69. The molecule has 0 fully saturated rings. The second kappa shape index (κ2) is 9.62. The molecule has 0 saturated carbocycles. The van der Waals surface area contributed by atoms with Crippen LogP contribution in [0.15, 0.2) is 65.1 Å². The number of hydrogen-bond acceptors (Lipinski definition) is 4. The molecule has 0 atom stereocenters. The van der Waals surface area contributed by atoms with Crippen molar-refractivity contribution in [2.75, 3.05) is 11.9 Å². The Kier molecular flexibility index (Phi) is 6.68. The Bertz CT molecular complexity index is 1220. The first-order valence-electron chi connectivity index (χ1n) is 10.2. The van der Waals surface area contributed by atoms with Gasteiger partial charge in [0.15, 0.2) is 0 Å². The predicted octanol–water partition coefficient (Wildman–Crippen LogP) is 7.47. The van der Waals surface area contributed by atoms with E-state index in [1.165, 1.54) is 10.3 Å². The molecule has 158 valence electrons. The average Bonchev–Trinajstić information content (AvgIpc) is 3.18. The van der Waals surface area contributed by atoms with Crippen LogP contribution in [0.5, 0.6) is 5.75 Å². The number of rotatable bonds is 7. The summed E-state index contributed by atoms with van der Waals surface area (Å²) in [5, 5.41) is 3.93. The second-order valence-electron chi connectivity index (χ2n) is 7.37. The minimum Gasteiger partial charge on any atom is -0.492 e. The van der Waals surface area contributed by atoms with Crippen LogP contribution >= 0.6 is 27.3 Å². The fourth-order valence-corrected chi connectivity index (χ4v) is 4.70. The van der Waals surface area contributed by atoms with E-state index in [9.17, 15) is 4.79 Å². The number of ether oxygens (including phenoxy) is 1. The van der Waals surface area contributed by atoms with Gasteiger partial charge in [-0.3, -0.25) is 4.79 Å². The van der Waals surface area contributed by atoms with Gasteiger partial charge < -0.3 is 10.1 Å². The maximum Gasteiger partial charge on any atom is 0.255 e. The Balaban J connectivity index is 1.44. The third kappa shape index (κ3) is 5.14. The molecule has 4 rings (SSSR count). The van der Waals surface area contributed by atoms with Gasteiger partial charge in [-0.25, -0.2) is 4.98 Å². The zero-order valence-electron chi connectivity index (χ0n) is 17.4. The van der Waals surface area contributed by atoms with Crippen LogP contribution in [-0.2, 0) is 0 Å². The lowest BCUT2D eigenvalue weighted by Gasteiger charge is -2.10. The zero-order chi connectivity index (χ0) is 21.8. The molecule has 1 heterocycles. The molecule has 0 spiro atoms. The van der Waals surface area contributed by atoms with Crippen molar-refractivity contribution < 1.29 is 9.53 Å². The summed E-state index contributed by atoms with van der Waals surface area (Å²) in [6, 6.07) is 19.5. The van der Waals surface area contributed by atoms with Crippen molar-refractivity contribution in [1.29, 1.82) is 0 Å². The fourth-order valence-electron chi connectivity index (χ4n) is 3.14. The molecule has 31 heavy (non-hydrogen) atoms. The molecule has 0 bridgehead atoms. The molecule has 4 nitrogen and oxygen atoms in total. The van der Waals surface area contributed by atoms with E-state index in [1.54, 1.807) is 23.5 Å². The topological polar surface area (TPSA) is 51.2 Å². The highest BCUT2D eigenvalue weighted by Crippen LogP contribution is 2.31. The number of nitrogens with one attached hydrogen (secondary N) is 1. The lowest BCUT2D eigenvalue weighted by atomic mass is 10.1. The van der Waals surface area contributed by atoms with E-state index in [2.05, 4.69) is 53.3 Å². The van der Waals surface area contributed by atoms with Crippen LogP contribution in [0.4, 0.5) is 5.69 Å². The number of aromatic nitrogens is 1. The van der Waals surface area contributed by atoms with E-state index < -0.39 is 0 Å². The van der Waals surface area contributed by atoms with Crippen LogP contribution < -0.4 is 10.1 Å². The van der Waals surface area contributed by atoms with Crippen LogP contribution in [-0.4, -0.2) is 17.5 Å². The summed E-state index contributed by atoms with van der Waals surface area (Å²) in [5.74, 6) is 0.587. The first-order chi connectivity index (χ1) is 15.0. The number of carbonyl (C=O) groups excluding carboxylic acids is 1. The molecular formula is C25H23BrN2O2S. The van der Waals surface area contributed by atoms with Gasteiger partial charge in [0.25, 0.3) is 5.91 Å². The van der Waals surface area contributed by atoms with Crippen LogP contribution in [0.1, 0.15) is 35.7 Å². The average molecular weight is 495 g/mol. The highest BCUT2D eigenvalue weighted by Gasteiger charge is 2.11. The van der Waals surface area contributed by atoms with Crippen molar-refractivity contribution >= 4 is 49.1 Å². The number of anilines is 1. The molecule has 4 aromatic rings. The molecule has 0 radical (unpaired) electrons. The normalized spacial score (nSPS) is 10.9. The zero-order valence-corrected chi connectivity index (χ0v) is 19.8. The molecule has 0 saturated heterocycles. The largest absolute Gasteiger partial charge is 0.492 e. The summed E-state index contributed by atoms with van der Waals surface area (Å²) in [7, 11) is 0. The molecule has 3 aromatic carbocycles. The lowest BCUT2D eigenvalue weighted by molar-refractivity contribution is 0.102. The van der Waals surface area contributed by atoms with Crippen LogP contribution in [0.3, 0.4) is 0 Å². The Morgan fingerprint density at radius 3 is 2.65 bits per heavy atom. The fraction of sp³-hybridized carbons (Fsp3) is 0.200. The minimum absolute atomic E-state index is 0.163. The van der Waals surface area contributed by atoms with Crippen molar-refractivity contribution in [3.63, 3.8) is 0 Å². The number of benzene rings is 3. The van der Waals surface area contributed by atoms with E-state index in [4.69, 9.17) is 9.72 Å². The van der Waals surface area contributed by atoms with Crippen molar-refractivity contribution in [2.45, 2.75) is 26.7 Å². The van der Waals surface area contributed by atoms with Crippen LogP contribution in [0.25, 0.3) is 20.8 Å². The first kappa shape index (κ1) is 21.5. The molecule has 0 aliphatic carbocycles. The molecular weight excluding hydrogens is 472 g/mol. The van der Waals surface area contributed by atoms with Gasteiger partial charge in [-0.2, -0.15) is 0 Å². The summed E-state index contributed by atoms with van der Waals surface area (Å²) in [6.45, 7) is 4.88. The number of nitrogens with zero attached hydrogens (tertiary/aromatic N) is 1.